The fourth-order valence-electron chi connectivity index (χ4n) is 3.07. The molecule has 1 aromatic carbocycles. The van der Waals surface area contributed by atoms with Crippen molar-refractivity contribution in [3.63, 3.8) is 0 Å². The van der Waals surface area contributed by atoms with Gasteiger partial charge in [-0.25, -0.2) is 0 Å². The van der Waals surface area contributed by atoms with Crippen molar-refractivity contribution in [3.8, 4) is 11.5 Å². The van der Waals surface area contributed by atoms with Gasteiger partial charge in [-0.15, -0.1) is 0 Å². The van der Waals surface area contributed by atoms with Gasteiger partial charge in [0.2, 0.25) is 0 Å². The topological polar surface area (TPSA) is 87.6 Å². The normalized spacial score (nSPS) is 16.7. The molecule has 1 heterocycles. The van der Waals surface area contributed by atoms with Gasteiger partial charge < -0.3 is 30.0 Å². The van der Waals surface area contributed by atoms with E-state index in [1.807, 2.05) is 19.1 Å². The van der Waals surface area contributed by atoms with Gasteiger partial charge in [0, 0.05) is 26.2 Å². The van der Waals surface area contributed by atoms with Crippen molar-refractivity contribution in [1.82, 2.24) is 15.5 Å². The SMILES string of the molecule is CCNC(=NCC(c1ccc(OC)c(OC)c1)N1CCOCC1)NCCO. The van der Waals surface area contributed by atoms with Gasteiger partial charge in [0.25, 0.3) is 0 Å². The van der Waals surface area contributed by atoms with Crippen LogP contribution in [0.25, 0.3) is 0 Å². The highest BCUT2D eigenvalue weighted by Gasteiger charge is 2.24. The van der Waals surface area contributed by atoms with Gasteiger partial charge in [-0.05, 0) is 24.6 Å². The van der Waals surface area contributed by atoms with E-state index in [9.17, 15) is 0 Å². The van der Waals surface area contributed by atoms with Crippen LogP contribution in [0.4, 0.5) is 0 Å². The Morgan fingerprint density at radius 1 is 1.22 bits per heavy atom. The van der Waals surface area contributed by atoms with E-state index in [4.69, 9.17) is 24.3 Å². The van der Waals surface area contributed by atoms with Crippen molar-refractivity contribution < 1.29 is 19.3 Å². The number of aliphatic imine (C=N–C) groups is 1. The Morgan fingerprint density at radius 3 is 2.59 bits per heavy atom. The maximum absolute atomic E-state index is 9.06. The molecule has 0 bridgehead atoms. The quantitative estimate of drug-likeness (QED) is 0.428. The van der Waals surface area contributed by atoms with Crippen LogP contribution in [-0.2, 0) is 4.74 Å². The summed E-state index contributed by atoms with van der Waals surface area (Å²) >= 11 is 0. The second-order valence-corrected chi connectivity index (χ2v) is 6.15. The highest BCUT2D eigenvalue weighted by molar-refractivity contribution is 5.79. The van der Waals surface area contributed by atoms with E-state index in [0.717, 1.165) is 38.4 Å². The molecule has 8 heteroatoms. The monoisotopic (exact) mass is 380 g/mol. The number of benzene rings is 1. The first-order chi connectivity index (χ1) is 13.2. The van der Waals surface area contributed by atoms with Crippen LogP contribution in [0.3, 0.4) is 0 Å². The molecule has 1 saturated heterocycles. The Balaban J connectivity index is 2.25. The molecule has 27 heavy (non-hydrogen) atoms. The smallest absolute Gasteiger partial charge is 0.191 e. The summed E-state index contributed by atoms with van der Waals surface area (Å²) in [7, 11) is 3.28. The molecular formula is C19H32N4O4. The van der Waals surface area contributed by atoms with Crippen LogP contribution in [0.2, 0.25) is 0 Å². The van der Waals surface area contributed by atoms with Crippen molar-refractivity contribution in [2.24, 2.45) is 4.99 Å². The molecular weight excluding hydrogens is 348 g/mol. The number of aliphatic hydroxyl groups excluding tert-OH is 1. The first-order valence-corrected chi connectivity index (χ1v) is 9.40. The lowest BCUT2D eigenvalue weighted by atomic mass is 10.0. The van der Waals surface area contributed by atoms with Crippen LogP contribution in [0.15, 0.2) is 23.2 Å². The zero-order valence-corrected chi connectivity index (χ0v) is 16.5. The highest BCUT2D eigenvalue weighted by atomic mass is 16.5. The van der Waals surface area contributed by atoms with Gasteiger partial charge in [-0.2, -0.15) is 0 Å². The van der Waals surface area contributed by atoms with Gasteiger partial charge in [0.05, 0.1) is 46.6 Å². The number of aliphatic hydroxyl groups is 1. The third kappa shape index (κ3) is 6.27. The predicted octanol–water partition coefficient (Wildman–Crippen LogP) is 0.625. The number of hydrogen-bond acceptors (Lipinski definition) is 6. The van der Waals surface area contributed by atoms with E-state index in [2.05, 4.69) is 21.6 Å². The standard InChI is InChI=1S/C19H32N4O4/c1-4-20-19(21-7-10-24)22-14-16(23-8-11-27-12-9-23)15-5-6-17(25-2)18(13-15)26-3/h5-6,13,16,24H,4,7-12,14H2,1-3H3,(H2,20,21,22). The maximum Gasteiger partial charge on any atom is 0.191 e. The summed E-state index contributed by atoms with van der Waals surface area (Å²) in [5.74, 6) is 2.12. The molecule has 8 nitrogen and oxygen atoms in total. The van der Waals surface area contributed by atoms with Crippen LogP contribution < -0.4 is 20.1 Å². The molecule has 0 spiro atoms. The zero-order valence-electron chi connectivity index (χ0n) is 16.5. The Kier molecular flexibility index (Phi) is 9.17. The molecule has 1 atom stereocenters. The number of nitrogens with zero attached hydrogens (tertiary/aromatic N) is 2. The summed E-state index contributed by atoms with van der Waals surface area (Å²) < 4.78 is 16.3. The Bertz CT molecular complexity index is 591. The lowest BCUT2D eigenvalue weighted by Gasteiger charge is -2.34. The Labute approximate surface area is 161 Å². The summed E-state index contributed by atoms with van der Waals surface area (Å²) in [6.07, 6.45) is 0. The third-order valence-electron chi connectivity index (χ3n) is 4.45. The van der Waals surface area contributed by atoms with E-state index in [1.54, 1.807) is 14.2 Å². The number of rotatable bonds is 9. The Hall–Kier alpha value is -2.03. The van der Waals surface area contributed by atoms with Crippen LogP contribution in [0.1, 0.15) is 18.5 Å². The van der Waals surface area contributed by atoms with Crippen LogP contribution in [0, 0.1) is 0 Å². The molecule has 0 aliphatic carbocycles. The molecule has 2 rings (SSSR count). The lowest BCUT2D eigenvalue weighted by molar-refractivity contribution is 0.0179. The molecule has 0 amide bonds. The number of guanidine groups is 1. The number of methoxy groups -OCH3 is 2. The number of morpholine rings is 1. The molecule has 1 unspecified atom stereocenters. The molecule has 1 aliphatic heterocycles. The molecule has 1 aliphatic rings. The first-order valence-electron chi connectivity index (χ1n) is 9.40. The average molecular weight is 380 g/mol. The van der Waals surface area contributed by atoms with E-state index < -0.39 is 0 Å². The van der Waals surface area contributed by atoms with Crippen LogP contribution in [-0.4, -0.2) is 82.7 Å². The third-order valence-corrected chi connectivity index (χ3v) is 4.45. The van der Waals surface area contributed by atoms with Crippen LogP contribution in [0.5, 0.6) is 11.5 Å². The first kappa shape index (κ1) is 21.3. The van der Waals surface area contributed by atoms with Gasteiger partial charge in [0.15, 0.2) is 17.5 Å². The predicted molar refractivity (Wildman–Crippen MR) is 106 cm³/mol. The van der Waals surface area contributed by atoms with E-state index in [-0.39, 0.29) is 12.6 Å². The summed E-state index contributed by atoms with van der Waals surface area (Å²) in [6.45, 7) is 7.03. The molecule has 152 valence electrons. The van der Waals surface area contributed by atoms with Crippen molar-refractivity contribution in [2.75, 3.05) is 66.8 Å². The Morgan fingerprint density at radius 2 is 1.96 bits per heavy atom. The van der Waals surface area contributed by atoms with Gasteiger partial charge in [0.1, 0.15) is 0 Å². The summed E-state index contributed by atoms with van der Waals surface area (Å²) in [5, 5.41) is 15.4. The second kappa shape index (κ2) is 11.6. The van der Waals surface area contributed by atoms with Crippen molar-refractivity contribution in [2.45, 2.75) is 13.0 Å². The summed E-state index contributed by atoms with van der Waals surface area (Å²) in [6, 6.07) is 6.10. The molecule has 0 radical (unpaired) electrons. The number of hydrogen-bond donors (Lipinski definition) is 3. The fraction of sp³-hybridized carbons (Fsp3) is 0.632. The van der Waals surface area contributed by atoms with Gasteiger partial charge >= 0.3 is 0 Å². The minimum Gasteiger partial charge on any atom is -0.493 e. The van der Waals surface area contributed by atoms with E-state index in [0.29, 0.717) is 30.5 Å². The zero-order chi connectivity index (χ0) is 19.5. The number of ether oxygens (including phenoxy) is 3. The minimum absolute atomic E-state index is 0.0625. The van der Waals surface area contributed by atoms with Crippen molar-refractivity contribution in [3.05, 3.63) is 23.8 Å². The molecule has 1 aromatic rings. The molecule has 1 fully saturated rings. The summed E-state index contributed by atoms with van der Waals surface area (Å²) in [4.78, 5) is 7.11. The minimum atomic E-state index is 0.0625. The van der Waals surface area contributed by atoms with Crippen molar-refractivity contribution >= 4 is 5.96 Å². The van der Waals surface area contributed by atoms with Gasteiger partial charge in [-0.3, -0.25) is 9.89 Å². The second-order valence-electron chi connectivity index (χ2n) is 6.15. The number of nitrogens with one attached hydrogen (secondary N) is 2. The van der Waals surface area contributed by atoms with E-state index in [1.165, 1.54) is 0 Å². The molecule has 3 N–H and O–H groups in total. The van der Waals surface area contributed by atoms with Gasteiger partial charge in [-0.1, -0.05) is 6.07 Å². The lowest BCUT2D eigenvalue weighted by Crippen LogP contribution is -2.42. The van der Waals surface area contributed by atoms with E-state index >= 15 is 0 Å². The average Bonchev–Trinajstić information content (AvgIpc) is 2.72. The summed E-state index contributed by atoms with van der Waals surface area (Å²) in [5.41, 5.74) is 1.12. The highest BCUT2D eigenvalue weighted by Crippen LogP contribution is 2.32. The van der Waals surface area contributed by atoms with Crippen LogP contribution >= 0.6 is 0 Å². The maximum atomic E-state index is 9.06. The van der Waals surface area contributed by atoms with Crippen molar-refractivity contribution in [1.29, 1.82) is 0 Å². The largest absolute Gasteiger partial charge is 0.493 e. The molecule has 0 aromatic heterocycles. The fourth-order valence-corrected chi connectivity index (χ4v) is 3.07. The molecule has 0 saturated carbocycles.